The molecule has 0 aromatic carbocycles. The average Bonchev–Trinajstić information content (AvgIpc) is 2.79. The summed E-state index contributed by atoms with van der Waals surface area (Å²) in [6.45, 7) is 6.28. The van der Waals surface area contributed by atoms with E-state index in [4.69, 9.17) is 0 Å². The number of nitrogens with zero attached hydrogens (tertiary/aromatic N) is 1. The third-order valence-electron chi connectivity index (χ3n) is 3.19. The van der Waals surface area contributed by atoms with E-state index in [-0.39, 0.29) is 5.91 Å². The molecule has 4 nitrogen and oxygen atoms in total. The zero-order chi connectivity index (χ0) is 11.8. The Balaban J connectivity index is 2.06. The van der Waals surface area contributed by atoms with E-state index in [1.807, 2.05) is 7.05 Å². The molecule has 1 amide bonds. The molecule has 0 spiro atoms. The number of hydrogen-bond acceptors (Lipinski definition) is 3. The van der Waals surface area contributed by atoms with Crippen LogP contribution in [0, 0.1) is 0 Å². The van der Waals surface area contributed by atoms with E-state index < -0.39 is 0 Å². The van der Waals surface area contributed by atoms with Crippen LogP contribution in [0.25, 0.3) is 0 Å². The third kappa shape index (κ3) is 4.94. The summed E-state index contributed by atoms with van der Waals surface area (Å²) in [5.41, 5.74) is 0. The van der Waals surface area contributed by atoms with Crippen molar-refractivity contribution in [2.24, 2.45) is 0 Å². The van der Waals surface area contributed by atoms with Crippen LogP contribution in [0.5, 0.6) is 0 Å². The second kappa shape index (κ2) is 7.63. The monoisotopic (exact) mass is 227 g/mol. The molecule has 0 aromatic heterocycles. The van der Waals surface area contributed by atoms with Crippen LogP contribution in [0.4, 0.5) is 0 Å². The fourth-order valence-electron chi connectivity index (χ4n) is 2.09. The molecule has 4 heteroatoms. The Morgan fingerprint density at radius 3 is 2.69 bits per heavy atom. The average molecular weight is 227 g/mol. The maximum atomic E-state index is 11.5. The summed E-state index contributed by atoms with van der Waals surface area (Å²) in [6.07, 6.45) is 4.16. The third-order valence-corrected chi connectivity index (χ3v) is 3.19. The lowest BCUT2D eigenvalue weighted by Gasteiger charge is -2.23. The maximum absolute atomic E-state index is 11.5. The lowest BCUT2D eigenvalue weighted by Crippen LogP contribution is -2.40. The molecular formula is C12H25N3O. The van der Waals surface area contributed by atoms with Gasteiger partial charge >= 0.3 is 0 Å². The Labute approximate surface area is 98.8 Å². The van der Waals surface area contributed by atoms with E-state index in [1.54, 1.807) is 0 Å². The van der Waals surface area contributed by atoms with Crippen molar-refractivity contribution in [3.63, 3.8) is 0 Å². The van der Waals surface area contributed by atoms with Crippen LogP contribution in [0.2, 0.25) is 0 Å². The van der Waals surface area contributed by atoms with Gasteiger partial charge in [-0.3, -0.25) is 9.69 Å². The molecule has 1 aliphatic rings. The number of rotatable bonds is 7. The first-order valence-corrected chi connectivity index (χ1v) is 6.39. The van der Waals surface area contributed by atoms with Crippen LogP contribution in [0.1, 0.15) is 32.6 Å². The fraction of sp³-hybridized carbons (Fsp3) is 0.917. The molecule has 0 aromatic rings. The Hall–Kier alpha value is -0.610. The molecule has 1 saturated heterocycles. The largest absolute Gasteiger partial charge is 0.355 e. The van der Waals surface area contributed by atoms with Crippen LogP contribution < -0.4 is 10.6 Å². The van der Waals surface area contributed by atoms with Gasteiger partial charge < -0.3 is 10.6 Å². The van der Waals surface area contributed by atoms with Crippen LogP contribution in [-0.2, 0) is 4.79 Å². The highest BCUT2D eigenvalue weighted by molar-refractivity contribution is 5.75. The summed E-state index contributed by atoms with van der Waals surface area (Å²) < 4.78 is 0. The standard InChI is InChI=1S/C12H25N3O/c1-11(15-8-3-4-9-15)10-14-12(16)6-5-7-13-2/h11,13H,3-10H2,1-2H3,(H,14,16). The SMILES string of the molecule is CNCCCC(=O)NCC(C)N1CCCC1. The number of amides is 1. The lowest BCUT2D eigenvalue weighted by atomic mass is 10.2. The molecule has 0 saturated carbocycles. The summed E-state index contributed by atoms with van der Waals surface area (Å²) in [7, 11) is 1.91. The fourth-order valence-corrected chi connectivity index (χ4v) is 2.09. The van der Waals surface area contributed by atoms with E-state index in [9.17, 15) is 4.79 Å². The molecule has 1 rings (SSSR count). The predicted octanol–water partition coefficient (Wildman–Crippen LogP) is 0.587. The molecule has 1 aliphatic heterocycles. The van der Waals surface area contributed by atoms with Crippen molar-refractivity contribution in [2.75, 3.05) is 33.2 Å². The second-order valence-electron chi connectivity index (χ2n) is 4.60. The smallest absolute Gasteiger partial charge is 0.220 e. The minimum atomic E-state index is 0.182. The maximum Gasteiger partial charge on any atom is 0.220 e. The second-order valence-corrected chi connectivity index (χ2v) is 4.60. The Morgan fingerprint density at radius 2 is 2.06 bits per heavy atom. The zero-order valence-electron chi connectivity index (χ0n) is 10.6. The molecule has 94 valence electrons. The van der Waals surface area contributed by atoms with Crippen LogP contribution >= 0.6 is 0 Å². The number of likely N-dealkylation sites (tertiary alicyclic amines) is 1. The van der Waals surface area contributed by atoms with Crippen LogP contribution in [0.3, 0.4) is 0 Å². The first kappa shape index (κ1) is 13.5. The molecule has 0 aliphatic carbocycles. The molecule has 0 radical (unpaired) electrons. The molecule has 16 heavy (non-hydrogen) atoms. The summed E-state index contributed by atoms with van der Waals surface area (Å²) in [5.74, 6) is 0.182. The number of carbonyl (C=O) groups is 1. The van der Waals surface area contributed by atoms with E-state index >= 15 is 0 Å². The summed E-state index contributed by atoms with van der Waals surface area (Å²) in [5, 5.41) is 6.05. The van der Waals surface area contributed by atoms with Crippen molar-refractivity contribution in [1.82, 2.24) is 15.5 Å². The van der Waals surface area contributed by atoms with Gasteiger partial charge in [0, 0.05) is 19.0 Å². The number of nitrogens with one attached hydrogen (secondary N) is 2. The van der Waals surface area contributed by atoms with Gasteiger partial charge in [0.05, 0.1) is 0 Å². The summed E-state index contributed by atoms with van der Waals surface area (Å²) in [4.78, 5) is 13.9. The van der Waals surface area contributed by atoms with Gasteiger partial charge in [-0.25, -0.2) is 0 Å². The first-order valence-electron chi connectivity index (χ1n) is 6.39. The van der Waals surface area contributed by atoms with Crippen LogP contribution in [0.15, 0.2) is 0 Å². The highest BCUT2D eigenvalue weighted by atomic mass is 16.1. The van der Waals surface area contributed by atoms with Gasteiger partial charge in [0.1, 0.15) is 0 Å². The van der Waals surface area contributed by atoms with Crippen molar-refractivity contribution < 1.29 is 4.79 Å². The van der Waals surface area contributed by atoms with Gasteiger partial charge in [0.25, 0.3) is 0 Å². The van der Waals surface area contributed by atoms with Gasteiger partial charge in [-0.15, -0.1) is 0 Å². The van der Waals surface area contributed by atoms with Crippen molar-refractivity contribution in [1.29, 1.82) is 0 Å². The van der Waals surface area contributed by atoms with Crippen molar-refractivity contribution in [2.45, 2.75) is 38.6 Å². The summed E-state index contributed by atoms with van der Waals surface area (Å²) in [6, 6.07) is 0.482. The van der Waals surface area contributed by atoms with Crippen molar-refractivity contribution >= 4 is 5.91 Å². The normalized spacial score (nSPS) is 18.6. The molecule has 1 atom stereocenters. The topological polar surface area (TPSA) is 44.4 Å². The van der Waals surface area contributed by atoms with Gasteiger partial charge in [-0.1, -0.05) is 0 Å². The quantitative estimate of drug-likeness (QED) is 0.626. The van der Waals surface area contributed by atoms with Gasteiger partial charge in [0.2, 0.25) is 5.91 Å². The molecule has 1 heterocycles. The minimum Gasteiger partial charge on any atom is -0.355 e. The minimum absolute atomic E-state index is 0.182. The van der Waals surface area contributed by atoms with E-state index in [2.05, 4.69) is 22.5 Å². The Kier molecular flexibility index (Phi) is 6.42. The van der Waals surface area contributed by atoms with E-state index in [0.717, 1.165) is 19.5 Å². The molecule has 0 bridgehead atoms. The van der Waals surface area contributed by atoms with Crippen molar-refractivity contribution in [3.8, 4) is 0 Å². The lowest BCUT2D eigenvalue weighted by molar-refractivity contribution is -0.121. The van der Waals surface area contributed by atoms with Gasteiger partial charge in [-0.2, -0.15) is 0 Å². The molecule has 2 N–H and O–H groups in total. The highest BCUT2D eigenvalue weighted by Gasteiger charge is 2.17. The number of carbonyl (C=O) groups excluding carboxylic acids is 1. The van der Waals surface area contributed by atoms with Gasteiger partial charge in [0.15, 0.2) is 0 Å². The summed E-state index contributed by atoms with van der Waals surface area (Å²) >= 11 is 0. The Morgan fingerprint density at radius 1 is 1.38 bits per heavy atom. The van der Waals surface area contributed by atoms with E-state index in [1.165, 1.54) is 25.9 Å². The number of hydrogen-bond donors (Lipinski definition) is 2. The van der Waals surface area contributed by atoms with Crippen LogP contribution in [-0.4, -0.2) is 50.1 Å². The molecule has 1 unspecified atom stereocenters. The zero-order valence-corrected chi connectivity index (χ0v) is 10.6. The van der Waals surface area contributed by atoms with Gasteiger partial charge in [-0.05, 0) is 52.9 Å². The van der Waals surface area contributed by atoms with E-state index in [0.29, 0.717) is 12.5 Å². The molecular weight excluding hydrogens is 202 g/mol. The first-order chi connectivity index (χ1) is 7.74. The Bertz CT molecular complexity index is 202. The molecule has 1 fully saturated rings. The highest BCUT2D eigenvalue weighted by Crippen LogP contribution is 2.10. The van der Waals surface area contributed by atoms with Crippen molar-refractivity contribution in [3.05, 3.63) is 0 Å². The predicted molar refractivity (Wildman–Crippen MR) is 66.4 cm³/mol.